The zero-order valence-electron chi connectivity index (χ0n) is 6.89. The predicted molar refractivity (Wildman–Crippen MR) is 51.5 cm³/mol. The van der Waals surface area contributed by atoms with Crippen LogP contribution in [0.15, 0.2) is 16.6 Å². The highest BCUT2D eigenvalue weighted by Gasteiger charge is 2.29. The van der Waals surface area contributed by atoms with Crippen molar-refractivity contribution in [3.63, 3.8) is 0 Å². The van der Waals surface area contributed by atoms with Crippen LogP contribution in [-0.2, 0) is 0 Å². The molecule has 0 atom stereocenters. The first kappa shape index (κ1) is 8.88. The number of hydrogen-bond donors (Lipinski definition) is 0. The molecule has 0 aliphatic heterocycles. The second-order valence-electron chi connectivity index (χ2n) is 3.25. The molecule has 0 amide bonds. The quantitative estimate of drug-likeness (QED) is 0.728. The Hall–Kier alpha value is -0.700. The number of benzene rings is 1. The summed E-state index contributed by atoms with van der Waals surface area (Å²) in [7, 11) is 0. The lowest BCUT2D eigenvalue weighted by molar-refractivity contribution is 0.112. The second kappa shape index (κ2) is 3.22. The van der Waals surface area contributed by atoms with Gasteiger partial charge in [-0.1, -0.05) is 15.9 Å². The number of carbonyl (C=O) groups excluding carboxylic acids is 1. The summed E-state index contributed by atoms with van der Waals surface area (Å²) < 4.78 is 14.0. The van der Waals surface area contributed by atoms with Crippen LogP contribution in [0.25, 0.3) is 0 Å². The molecule has 1 aliphatic carbocycles. The average molecular weight is 243 g/mol. The Morgan fingerprint density at radius 3 is 2.69 bits per heavy atom. The molecule has 1 nitrogen and oxygen atoms in total. The molecule has 13 heavy (non-hydrogen) atoms. The van der Waals surface area contributed by atoms with Crippen molar-refractivity contribution in [2.45, 2.75) is 18.8 Å². The van der Waals surface area contributed by atoms with Gasteiger partial charge in [0.1, 0.15) is 5.82 Å². The first-order valence-electron chi connectivity index (χ1n) is 4.17. The summed E-state index contributed by atoms with van der Waals surface area (Å²) >= 11 is 3.24. The summed E-state index contributed by atoms with van der Waals surface area (Å²) in [4.78, 5) is 10.7. The van der Waals surface area contributed by atoms with Gasteiger partial charge in [0.15, 0.2) is 6.29 Å². The third-order valence-corrected chi connectivity index (χ3v) is 2.98. The molecular weight excluding hydrogens is 235 g/mol. The van der Waals surface area contributed by atoms with Gasteiger partial charge < -0.3 is 0 Å². The molecule has 68 valence electrons. The summed E-state index contributed by atoms with van der Waals surface area (Å²) in [6.45, 7) is 0. The second-order valence-corrected chi connectivity index (χ2v) is 4.10. The van der Waals surface area contributed by atoms with E-state index in [0.29, 0.717) is 15.6 Å². The van der Waals surface area contributed by atoms with Gasteiger partial charge in [-0.15, -0.1) is 0 Å². The van der Waals surface area contributed by atoms with E-state index in [2.05, 4.69) is 15.9 Å². The Morgan fingerprint density at radius 1 is 1.46 bits per heavy atom. The average Bonchev–Trinajstić information content (AvgIpc) is 2.91. The van der Waals surface area contributed by atoms with Crippen LogP contribution in [0, 0.1) is 5.82 Å². The summed E-state index contributed by atoms with van der Waals surface area (Å²) in [6, 6.07) is 2.98. The fourth-order valence-corrected chi connectivity index (χ4v) is 1.93. The van der Waals surface area contributed by atoms with Gasteiger partial charge in [0.2, 0.25) is 0 Å². The van der Waals surface area contributed by atoms with Crippen LogP contribution < -0.4 is 0 Å². The maximum atomic E-state index is 13.3. The van der Waals surface area contributed by atoms with Crippen LogP contribution in [0.3, 0.4) is 0 Å². The molecule has 0 spiro atoms. The van der Waals surface area contributed by atoms with Crippen molar-refractivity contribution in [2.75, 3.05) is 0 Å². The summed E-state index contributed by atoms with van der Waals surface area (Å²) in [5, 5.41) is 0. The molecule has 3 heteroatoms. The SMILES string of the molecule is O=Cc1c(Br)ccc(F)c1C1CC1. The number of aldehydes is 1. The van der Waals surface area contributed by atoms with E-state index in [9.17, 15) is 9.18 Å². The van der Waals surface area contributed by atoms with Gasteiger partial charge in [-0.2, -0.15) is 0 Å². The topological polar surface area (TPSA) is 17.1 Å². The van der Waals surface area contributed by atoms with E-state index in [4.69, 9.17) is 0 Å². The van der Waals surface area contributed by atoms with Gasteiger partial charge in [-0.3, -0.25) is 4.79 Å². The van der Waals surface area contributed by atoms with E-state index in [-0.39, 0.29) is 11.7 Å². The smallest absolute Gasteiger partial charge is 0.151 e. The van der Waals surface area contributed by atoms with Gasteiger partial charge >= 0.3 is 0 Å². The Kier molecular flexibility index (Phi) is 2.20. The molecule has 0 heterocycles. The number of halogens is 2. The van der Waals surface area contributed by atoms with E-state index in [0.717, 1.165) is 19.1 Å². The van der Waals surface area contributed by atoms with Gasteiger partial charge in [0.25, 0.3) is 0 Å². The molecule has 1 saturated carbocycles. The van der Waals surface area contributed by atoms with Crippen LogP contribution in [0.4, 0.5) is 4.39 Å². The fourth-order valence-electron chi connectivity index (χ4n) is 1.49. The highest BCUT2D eigenvalue weighted by molar-refractivity contribution is 9.10. The Balaban J connectivity index is 2.60. The highest BCUT2D eigenvalue weighted by Crippen LogP contribution is 2.43. The summed E-state index contributed by atoms with van der Waals surface area (Å²) in [6.07, 6.45) is 2.71. The normalized spacial score (nSPS) is 15.8. The van der Waals surface area contributed by atoms with Crippen LogP contribution >= 0.6 is 15.9 Å². The van der Waals surface area contributed by atoms with Crippen molar-refractivity contribution >= 4 is 22.2 Å². The summed E-state index contributed by atoms with van der Waals surface area (Å²) in [5.74, 6) is 0.00509. The maximum Gasteiger partial charge on any atom is 0.151 e. The molecule has 0 aromatic heterocycles. The van der Waals surface area contributed by atoms with Gasteiger partial charge in [0, 0.05) is 15.6 Å². The predicted octanol–water partition coefficient (Wildman–Crippen LogP) is 3.28. The molecular formula is C10H8BrFO. The van der Waals surface area contributed by atoms with Gasteiger partial charge in [-0.25, -0.2) is 4.39 Å². The Bertz CT molecular complexity index is 358. The zero-order valence-corrected chi connectivity index (χ0v) is 8.47. The fraction of sp³-hybridized carbons (Fsp3) is 0.300. The lowest BCUT2D eigenvalue weighted by Gasteiger charge is -2.05. The minimum absolute atomic E-state index is 0.257. The van der Waals surface area contributed by atoms with E-state index in [1.54, 1.807) is 6.07 Å². The third-order valence-electron chi connectivity index (χ3n) is 2.28. The standard InChI is InChI=1S/C10H8BrFO/c11-8-3-4-9(12)10(6-1-2-6)7(8)5-13/h3-6H,1-2H2. The number of carbonyl (C=O) groups is 1. The van der Waals surface area contributed by atoms with E-state index >= 15 is 0 Å². The molecule has 0 radical (unpaired) electrons. The van der Waals surface area contributed by atoms with Crippen molar-refractivity contribution in [1.82, 2.24) is 0 Å². The van der Waals surface area contributed by atoms with Crippen LogP contribution in [0.5, 0.6) is 0 Å². The van der Waals surface area contributed by atoms with Crippen LogP contribution in [-0.4, -0.2) is 6.29 Å². The zero-order chi connectivity index (χ0) is 9.42. The molecule has 1 aliphatic rings. The number of rotatable bonds is 2. The third kappa shape index (κ3) is 1.53. The molecule has 0 N–H and O–H groups in total. The molecule has 1 aromatic rings. The van der Waals surface area contributed by atoms with Crippen LogP contribution in [0.2, 0.25) is 0 Å². The molecule has 1 aromatic carbocycles. The number of hydrogen-bond acceptors (Lipinski definition) is 1. The van der Waals surface area contributed by atoms with Crippen molar-refractivity contribution in [1.29, 1.82) is 0 Å². The van der Waals surface area contributed by atoms with Crippen molar-refractivity contribution in [3.8, 4) is 0 Å². The van der Waals surface area contributed by atoms with Crippen molar-refractivity contribution < 1.29 is 9.18 Å². The van der Waals surface area contributed by atoms with E-state index in [1.807, 2.05) is 0 Å². The van der Waals surface area contributed by atoms with Crippen molar-refractivity contribution in [2.24, 2.45) is 0 Å². The molecule has 0 saturated heterocycles. The van der Waals surface area contributed by atoms with Crippen molar-refractivity contribution in [3.05, 3.63) is 33.5 Å². The van der Waals surface area contributed by atoms with Gasteiger partial charge in [0.05, 0.1) is 0 Å². The minimum Gasteiger partial charge on any atom is -0.298 e. The van der Waals surface area contributed by atoms with Crippen LogP contribution in [0.1, 0.15) is 34.7 Å². The van der Waals surface area contributed by atoms with E-state index < -0.39 is 0 Å². The largest absolute Gasteiger partial charge is 0.298 e. The van der Waals surface area contributed by atoms with Gasteiger partial charge in [-0.05, 0) is 30.9 Å². The minimum atomic E-state index is -0.257. The Labute approximate surface area is 84.1 Å². The highest BCUT2D eigenvalue weighted by atomic mass is 79.9. The monoisotopic (exact) mass is 242 g/mol. The maximum absolute atomic E-state index is 13.3. The lowest BCUT2D eigenvalue weighted by Crippen LogP contribution is -1.96. The molecule has 1 fully saturated rings. The molecule has 0 unspecified atom stereocenters. The Morgan fingerprint density at radius 2 is 2.15 bits per heavy atom. The van der Waals surface area contributed by atoms with E-state index in [1.165, 1.54) is 6.07 Å². The summed E-state index contributed by atoms with van der Waals surface area (Å²) in [5.41, 5.74) is 1.06. The first-order valence-corrected chi connectivity index (χ1v) is 4.96. The molecule has 0 bridgehead atoms. The lowest BCUT2D eigenvalue weighted by atomic mass is 10.0. The molecule has 2 rings (SSSR count). The first-order chi connectivity index (χ1) is 6.24.